The largest absolute Gasteiger partial charge is 0.372 e. The molecule has 1 aliphatic heterocycles. The molecule has 0 saturated carbocycles. The zero-order valence-electron chi connectivity index (χ0n) is 16.8. The van der Waals surface area contributed by atoms with Crippen LogP contribution in [0.3, 0.4) is 0 Å². The third kappa shape index (κ3) is 4.46. The van der Waals surface area contributed by atoms with Crippen molar-refractivity contribution in [1.29, 1.82) is 0 Å². The number of hydrogen-bond acceptors (Lipinski definition) is 6. The summed E-state index contributed by atoms with van der Waals surface area (Å²) in [7, 11) is 0. The molecule has 4 rings (SSSR count). The van der Waals surface area contributed by atoms with Crippen LogP contribution < -0.4 is 15.8 Å². The number of hydrogen-bond donors (Lipinski definition) is 2. The number of aromatic amines is 1. The van der Waals surface area contributed by atoms with Crippen molar-refractivity contribution in [3.05, 3.63) is 64.7 Å². The van der Waals surface area contributed by atoms with Crippen LogP contribution in [0.25, 0.3) is 11.1 Å². The number of nitrogens with one attached hydrogen (secondary N) is 2. The highest BCUT2D eigenvalue weighted by Crippen LogP contribution is 2.23. The molecule has 2 atom stereocenters. The second-order valence-corrected chi connectivity index (χ2v) is 7.53. The highest BCUT2D eigenvalue weighted by molar-refractivity contribution is 5.69. The molecule has 1 aliphatic rings. The minimum Gasteiger partial charge on any atom is -0.372 e. The lowest BCUT2D eigenvalue weighted by Gasteiger charge is -2.35. The minimum atomic E-state index is -0.199. The minimum absolute atomic E-state index is 0.119. The summed E-state index contributed by atoms with van der Waals surface area (Å²) in [4.78, 5) is 26.3. The van der Waals surface area contributed by atoms with E-state index in [9.17, 15) is 4.79 Å². The predicted molar refractivity (Wildman–Crippen MR) is 115 cm³/mol. The fourth-order valence-corrected chi connectivity index (χ4v) is 3.54. The summed E-state index contributed by atoms with van der Waals surface area (Å²) in [5, 5.41) is 3.14. The third-order valence-electron chi connectivity index (χ3n) is 4.90. The van der Waals surface area contributed by atoms with E-state index in [4.69, 9.17) is 4.74 Å². The van der Waals surface area contributed by atoms with Gasteiger partial charge in [-0.2, -0.15) is 4.98 Å². The lowest BCUT2D eigenvalue weighted by Crippen LogP contribution is -2.46. The number of nitrogens with zero attached hydrogens (tertiary/aromatic N) is 3. The summed E-state index contributed by atoms with van der Waals surface area (Å²) in [6, 6.07) is 11.8. The van der Waals surface area contributed by atoms with Crippen LogP contribution in [0.2, 0.25) is 0 Å². The Hall–Kier alpha value is -3.19. The Morgan fingerprint density at radius 3 is 2.55 bits per heavy atom. The summed E-state index contributed by atoms with van der Waals surface area (Å²) in [5.41, 5.74) is 3.40. The van der Waals surface area contributed by atoms with E-state index in [1.54, 1.807) is 18.5 Å². The van der Waals surface area contributed by atoms with Crippen LogP contribution in [0, 0.1) is 6.92 Å². The van der Waals surface area contributed by atoms with Crippen LogP contribution >= 0.6 is 0 Å². The molecule has 150 valence electrons. The molecule has 3 aromatic rings. The molecule has 0 bridgehead atoms. The number of aryl methyl sites for hydroxylation is 1. The van der Waals surface area contributed by atoms with Gasteiger partial charge in [-0.3, -0.25) is 4.79 Å². The standard InChI is InChI=1S/C22H25N5O2/c1-14-4-6-17(7-5-14)18-10-19(21(28)24-11-18)25-20-8-9-23-22(26-20)27-12-15(2)29-16(3)13-27/h4-11,15-16H,12-13H2,1-3H3,(H,24,28)(H,23,25,26)/t15-,16+. The molecule has 2 N–H and O–H groups in total. The summed E-state index contributed by atoms with van der Waals surface area (Å²) in [6.07, 6.45) is 3.66. The topological polar surface area (TPSA) is 83.1 Å². The van der Waals surface area contributed by atoms with Gasteiger partial charge in [0, 0.05) is 31.0 Å². The number of pyridine rings is 1. The predicted octanol–water partition coefficient (Wildman–Crippen LogP) is 3.50. The summed E-state index contributed by atoms with van der Waals surface area (Å²) in [5.74, 6) is 1.21. The second kappa shape index (κ2) is 8.05. The van der Waals surface area contributed by atoms with Crippen LogP contribution in [0.15, 0.2) is 53.6 Å². The molecule has 0 spiro atoms. The number of ether oxygens (including phenoxy) is 1. The molecule has 0 aliphatic carbocycles. The fraction of sp³-hybridized carbons (Fsp3) is 0.318. The number of morpholine rings is 1. The Bertz CT molecular complexity index is 1040. The number of benzene rings is 1. The smallest absolute Gasteiger partial charge is 0.271 e. The molecule has 1 fully saturated rings. The zero-order valence-corrected chi connectivity index (χ0v) is 16.8. The van der Waals surface area contributed by atoms with E-state index in [-0.39, 0.29) is 17.8 Å². The molecular weight excluding hydrogens is 366 g/mol. The first-order valence-electron chi connectivity index (χ1n) is 9.78. The van der Waals surface area contributed by atoms with Gasteiger partial charge in [-0.05, 0) is 38.5 Å². The normalized spacial score (nSPS) is 19.2. The van der Waals surface area contributed by atoms with Gasteiger partial charge < -0.3 is 19.9 Å². The van der Waals surface area contributed by atoms with E-state index in [0.717, 1.165) is 24.2 Å². The molecular formula is C22H25N5O2. The van der Waals surface area contributed by atoms with Gasteiger partial charge in [0.1, 0.15) is 11.5 Å². The van der Waals surface area contributed by atoms with Crippen molar-refractivity contribution in [2.45, 2.75) is 33.0 Å². The molecule has 0 amide bonds. The fourth-order valence-electron chi connectivity index (χ4n) is 3.54. The maximum Gasteiger partial charge on any atom is 0.271 e. The van der Waals surface area contributed by atoms with E-state index in [0.29, 0.717) is 17.5 Å². The van der Waals surface area contributed by atoms with E-state index in [1.165, 1.54) is 5.56 Å². The van der Waals surface area contributed by atoms with Gasteiger partial charge in [-0.15, -0.1) is 0 Å². The quantitative estimate of drug-likeness (QED) is 0.708. The van der Waals surface area contributed by atoms with Crippen molar-refractivity contribution in [2.24, 2.45) is 0 Å². The Balaban J connectivity index is 1.59. The Morgan fingerprint density at radius 1 is 1.10 bits per heavy atom. The molecule has 7 nitrogen and oxygen atoms in total. The van der Waals surface area contributed by atoms with E-state index < -0.39 is 0 Å². The lowest BCUT2D eigenvalue weighted by molar-refractivity contribution is -0.00571. The van der Waals surface area contributed by atoms with Crippen molar-refractivity contribution >= 4 is 17.5 Å². The van der Waals surface area contributed by atoms with Crippen molar-refractivity contribution in [3.63, 3.8) is 0 Å². The second-order valence-electron chi connectivity index (χ2n) is 7.53. The summed E-state index contributed by atoms with van der Waals surface area (Å²) >= 11 is 0. The van der Waals surface area contributed by atoms with Crippen molar-refractivity contribution in [3.8, 4) is 11.1 Å². The van der Waals surface area contributed by atoms with Gasteiger partial charge in [0.15, 0.2) is 0 Å². The monoisotopic (exact) mass is 391 g/mol. The Morgan fingerprint density at radius 2 is 1.83 bits per heavy atom. The Kier molecular flexibility index (Phi) is 5.31. The SMILES string of the molecule is Cc1ccc(-c2c[nH]c(=O)c(Nc3ccnc(N4C[C@@H](C)O[C@@H](C)C4)n3)c2)cc1. The first kappa shape index (κ1) is 19.1. The van der Waals surface area contributed by atoms with Crippen molar-refractivity contribution < 1.29 is 4.74 Å². The molecule has 0 unspecified atom stereocenters. The van der Waals surface area contributed by atoms with Crippen LogP contribution in [0.1, 0.15) is 19.4 Å². The Labute approximate surface area is 169 Å². The average molecular weight is 391 g/mol. The number of anilines is 3. The highest BCUT2D eigenvalue weighted by Gasteiger charge is 2.24. The van der Waals surface area contributed by atoms with E-state index in [2.05, 4.69) is 37.3 Å². The first-order chi connectivity index (χ1) is 14.0. The van der Waals surface area contributed by atoms with E-state index >= 15 is 0 Å². The lowest BCUT2D eigenvalue weighted by atomic mass is 10.1. The van der Waals surface area contributed by atoms with Crippen LogP contribution in [0.4, 0.5) is 17.5 Å². The molecule has 29 heavy (non-hydrogen) atoms. The molecule has 1 saturated heterocycles. The van der Waals surface area contributed by atoms with Gasteiger partial charge in [-0.25, -0.2) is 4.98 Å². The van der Waals surface area contributed by atoms with Crippen molar-refractivity contribution in [1.82, 2.24) is 15.0 Å². The molecule has 1 aromatic carbocycles. The summed E-state index contributed by atoms with van der Waals surface area (Å²) in [6.45, 7) is 7.60. The number of rotatable bonds is 4. The van der Waals surface area contributed by atoms with Crippen LogP contribution in [-0.4, -0.2) is 40.2 Å². The summed E-state index contributed by atoms with van der Waals surface area (Å²) < 4.78 is 5.78. The van der Waals surface area contributed by atoms with Gasteiger partial charge in [0.05, 0.1) is 12.2 Å². The van der Waals surface area contributed by atoms with Gasteiger partial charge in [0.25, 0.3) is 5.56 Å². The van der Waals surface area contributed by atoms with Crippen LogP contribution in [-0.2, 0) is 4.74 Å². The van der Waals surface area contributed by atoms with E-state index in [1.807, 2.05) is 39.0 Å². The molecule has 2 aromatic heterocycles. The molecule has 0 radical (unpaired) electrons. The van der Waals surface area contributed by atoms with Gasteiger partial charge >= 0.3 is 0 Å². The van der Waals surface area contributed by atoms with Crippen molar-refractivity contribution in [2.75, 3.05) is 23.3 Å². The molecule has 3 heterocycles. The maximum absolute atomic E-state index is 12.3. The van der Waals surface area contributed by atoms with Crippen LogP contribution in [0.5, 0.6) is 0 Å². The van der Waals surface area contributed by atoms with Gasteiger partial charge in [0.2, 0.25) is 5.95 Å². The average Bonchev–Trinajstić information content (AvgIpc) is 2.70. The maximum atomic E-state index is 12.3. The first-order valence-corrected chi connectivity index (χ1v) is 9.78. The zero-order chi connectivity index (χ0) is 20.4. The highest BCUT2D eigenvalue weighted by atomic mass is 16.5. The third-order valence-corrected chi connectivity index (χ3v) is 4.90. The number of aromatic nitrogens is 3. The van der Waals surface area contributed by atoms with Gasteiger partial charge in [-0.1, -0.05) is 29.8 Å². The number of H-pyrrole nitrogens is 1. The molecule has 7 heteroatoms.